The molecule has 3 rings (SSSR count). The summed E-state index contributed by atoms with van der Waals surface area (Å²) in [5, 5.41) is 3.61. The maximum atomic E-state index is 11.9. The molecule has 0 amide bonds. The number of aromatic amines is 1. The van der Waals surface area contributed by atoms with Gasteiger partial charge in [0.25, 0.3) is 0 Å². The lowest BCUT2D eigenvalue weighted by Crippen LogP contribution is -2.27. The minimum absolute atomic E-state index is 0.0266. The molecule has 0 aliphatic carbocycles. The number of thioether (sulfide) groups is 1. The summed E-state index contributed by atoms with van der Waals surface area (Å²) in [6.45, 7) is 5.76. The highest BCUT2D eigenvalue weighted by Gasteiger charge is 2.22. The number of hydrogen-bond acceptors (Lipinski definition) is 9. The summed E-state index contributed by atoms with van der Waals surface area (Å²) < 4.78 is 16.4. The molecule has 10 nitrogen and oxygen atoms in total. The minimum atomic E-state index is -4.61. The second-order valence-electron chi connectivity index (χ2n) is 7.32. The van der Waals surface area contributed by atoms with Crippen LogP contribution in [0, 0.1) is 5.92 Å². The Hall–Kier alpha value is -1.82. The number of rotatable bonds is 10. The average molecular weight is 486 g/mol. The molecule has 0 aliphatic heterocycles. The molecule has 3 heterocycles. The number of H-pyrrole nitrogens is 1. The van der Waals surface area contributed by atoms with E-state index in [1.807, 2.05) is 39.0 Å². The second kappa shape index (κ2) is 10.2. The van der Waals surface area contributed by atoms with E-state index in [0.717, 1.165) is 17.0 Å². The van der Waals surface area contributed by atoms with Gasteiger partial charge < -0.3 is 15.1 Å². The molecule has 0 saturated heterocycles. The third-order valence-corrected chi connectivity index (χ3v) is 6.54. The molecule has 31 heavy (non-hydrogen) atoms. The molecule has 0 spiro atoms. The van der Waals surface area contributed by atoms with Crippen LogP contribution >= 0.6 is 30.9 Å². The van der Waals surface area contributed by atoms with Gasteiger partial charge in [-0.25, -0.2) is 14.5 Å². The fourth-order valence-corrected chi connectivity index (χ4v) is 4.90. The molecule has 4 N–H and O–H groups in total. The van der Waals surface area contributed by atoms with Crippen molar-refractivity contribution >= 4 is 47.1 Å². The summed E-state index contributed by atoms with van der Waals surface area (Å²) in [5.41, 5.74) is 1.28. The lowest BCUT2D eigenvalue weighted by atomic mass is 10.0. The molecule has 0 radical (unpaired) electrons. The van der Waals surface area contributed by atoms with E-state index in [2.05, 4.69) is 25.3 Å². The third-order valence-electron chi connectivity index (χ3n) is 4.19. The van der Waals surface area contributed by atoms with Crippen LogP contribution in [0.2, 0.25) is 0 Å². The van der Waals surface area contributed by atoms with Gasteiger partial charge in [0.15, 0.2) is 16.6 Å². The fourth-order valence-electron chi connectivity index (χ4n) is 2.93. The van der Waals surface area contributed by atoms with Crippen molar-refractivity contribution in [3.63, 3.8) is 0 Å². The van der Waals surface area contributed by atoms with Crippen molar-refractivity contribution < 1.29 is 18.9 Å². The quantitative estimate of drug-likeness (QED) is 0.191. The fraction of sp³-hybridized carbons (Fsp3) is 0.444. The van der Waals surface area contributed by atoms with Crippen molar-refractivity contribution in [3.8, 4) is 0 Å². The van der Waals surface area contributed by atoms with Crippen molar-refractivity contribution in [2.24, 2.45) is 5.92 Å². The zero-order valence-electron chi connectivity index (χ0n) is 17.2. The first-order chi connectivity index (χ1) is 14.6. The highest BCUT2D eigenvalue weighted by molar-refractivity contribution is 7.99. The third kappa shape index (κ3) is 7.09. The number of hydrogen-bond donors (Lipinski definition) is 4. The SMILES string of the molecule is CC(C)CC(COP(=O)(O)O)Nc1nc(SC(C)c2ccccn2)nc2[nH]c(=O)sc12. The van der Waals surface area contributed by atoms with E-state index in [9.17, 15) is 9.36 Å². The Morgan fingerprint density at radius 1 is 1.29 bits per heavy atom. The van der Waals surface area contributed by atoms with Crippen molar-refractivity contribution in [1.82, 2.24) is 19.9 Å². The van der Waals surface area contributed by atoms with Gasteiger partial charge in [0.2, 0.25) is 0 Å². The topological polar surface area (TPSA) is 150 Å². The van der Waals surface area contributed by atoms with Crippen LogP contribution in [0.5, 0.6) is 0 Å². The van der Waals surface area contributed by atoms with Gasteiger partial charge in [0, 0.05) is 6.20 Å². The van der Waals surface area contributed by atoms with E-state index in [1.54, 1.807) is 6.20 Å². The first kappa shape index (κ1) is 23.8. The summed E-state index contributed by atoms with van der Waals surface area (Å²) >= 11 is 2.37. The van der Waals surface area contributed by atoms with Crippen LogP contribution in [0.4, 0.5) is 5.82 Å². The molecule has 0 bridgehead atoms. The summed E-state index contributed by atoms with van der Waals surface area (Å²) in [6, 6.07) is 5.24. The Bertz CT molecular complexity index is 1120. The summed E-state index contributed by atoms with van der Waals surface area (Å²) in [6.07, 6.45) is 2.30. The van der Waals surface area contributed by atoms with E-state index in [4.69, 9.17) is 14.3 Å². The smallest absolute Gasteiger partial charge is 0.364 e. The maximum Gasteiger partial charge on any atom is 0.469 e. The molecule has 0 aromatic carbocycles. The summed E-state index contributed by atoms with van der Waals surface area (Å²) in [5.74, 6) is 0.655. The largest absolute Gasteiger partial charge is 0.469 e. The molecule has 0 saturated carbocycles. The highest BCUT2D eigenvalue weighted by atomic mass is 32.2. The predicted molar refractivity (Wildman–Crippen MR) is 121 cm³/mol. The van der Waals surface area contributed by atoms with Gasteiger partial charge in [-0.2, -0.15) is 0 Å². The molecule has 0 aliphatic rings. The number of pyridine rings is 1. The molecule has 2 unspecified atom stereocenters. The van der Waals surface area contributed by atoms with Gasteiger partial charge in [-0.15, -0.1) is 0 Å². The molecule has 0 fully saturated rings. The van der Waals surface area contributed by atoms with Gasteiger partial charge in [0.1, 0.15) is 4.70 Å². The number of anilines is 1. The number of nitrogens with one attached hydrogen (secondary N) is 2. The summed E-state index contributed by atoms with van der Waals surface area (Å²) in [7, 11) is -4.61. The highest BCUT2D eigenvalue weighted by Crippen LogP contribution is 2.37. The van der Waals surface area contributed by atoms with E-state index < -0.39 is 13.9 Å². The van der Waals surface area contributed by atoms with Gasteiger partial charge in [-0.1, -0.05) is 43.0 Å². The van der Waals surface area contributed by atoms with Crippen LogP contribution in [0.15, 0.2) is 34.3 Å². The Morgan fingerprint density at radius 2 is 2.06 bits per heavy atom. The Balaban J connectivity index is 1.90. The van der Waals surface area contributed by atoms with E-state index in [0.29, 0.717) is 27.7 Å². The van der Waals surface area contributed by atoms with Crippen LogP contribution in [0.3, 0.4) is 0 Å². The minimum Gasteiger partial charge on any atom is -0.364 e. The first-order valence-electron chi connectivity index (χ1n) is 9.56. The number of phosphoric ester groups is 1. The van der Waals surface area contributed by atoms with E-state index in [-0.39, 0.29) is 22.6 Å². The monoisotopic (exact) mass is 485 g/mol. The number of phosphoric acid groups is 1. The zero-order valence-corrected chi connectivity index (χ0v) is 19.7. The lowest BCUT2D eigenvalue weighted by Gasteiger charge is -2.22. The number of thiazole rings is 1. The van der Waals surface area contributed by atoms with E-state index >= 15 is 0 Å². The van der Waals surface area contributed by atoms with Crippen LogP contribution in [-0.4, -0.2) is 42.4 Å². The lowest BCUT2D eigenvalue weighted by molar-refractivity contribution is 0.184. The van der Waals surface area contributed by atoms with Gasteiger partial charge in [-0.05, 0) is 31.4 Å². The Morgan fingerprint density at radius 3 is 2.71 bits per heavy atom. The van der Waals surface area contributed by atoms with Crippen LogP contribution in [-0.2, 0) is 9.09 Å². The van der Waals surface area contributed by atoms with Gasteiger partial charge in [-0.3, -0.25) is 19.3 Å². The van der Waals surface area contributed by atoms with E-state index in [1.165, 1.54) is 11.8 Å². The Labute approximate surface area is 187 Å². The summed E-state index contributed by atoms with van der Waals surface area (Å²) in [4.78, 5) is 45.9. The van der Waals surface area contributed by atoms with Crippen molar-refractivity contribution in [2.75, 3.05) is 11.9 Å². The number of fused-ring (bicyclic) bond motifs is 1. The Kier molecular flexibility index (Phi) is 7.84. The van der Waals surface area contributed by atoms with Crippen molar-refractivity contribution in [1.29, 1.82) is 0 Å². The molecule has 3 aromatic rings. The number of nitrogens with zero attached hydrogens (tertiary/aromatic N) is 3. The van der Waals surface area contributed by atoms with Crippen LogP contribution in [0.25, 0.3) is 10.3 Å². The van der Waals surface area contributed by atoms with Crippen LogP contribution < -0.4 is 10.2 Å². The zero-order chi connectivity index (χ0) is 22.6. The molecule has 13 heteroatoms. The van der Waals surface area contributed by atoms with Crippen LogP contribution in [0.1, 0.15) is 38.1 Å². The number of aromatic nitrogens is 4. The molecular weight excluding hydrogens is 461 g/mol. The predicted octanol–water partition coefficient (Wildman–Crippen LogP) is 3.56. The van der Waals surface area contributed by atoms with Gasteiger partial charge >= 0.3 is 12.7 Å². The normalized spacial score (nSPS) is 14.1. The van der Waals surface area contributed by atoms with Gasteiger partial charge in [0.05, 0.1) is 23.6 Å². The van der Waals surface area contributed by atoms with Crippen molar-refractivity contribution in [2.45, 2.75) is 43.6 Å². The maximum absolute atomic E-state index is 11.9. The molecule has 168 valence electrons. The molecule has 2 atom stereocenters. The molecule has 3 aromatic heterocycles. The first-order valence-corrected chi connectivity index (χ1v) is 12.8. The standard InChI is InChI=1S/C18H24N5O5PS2/c1-10(2)8-12(9-28-29(25,26)27)20-15-14-16(23-18(24)31-14)22-17(21-15)30-11(3)13-6-4-5-7-19-13/h4-7,10-12H,8-9H2,1-3H3,(H2,25,26,27)(H2,20,21,22,23,24). The van der Waals surface area contributed by atoms with Crippen molar-refractivity contribution in [3.05, 3.63) is 39.8 Å². The second-order valence-corrected chi connectivity index (χ2v) is 10.8. The average Bonchev–Trinajstić information content (AvgIpc) is 3.06. The molecular formula is C18H24N5O5PS2.